The van der Waals surface area contributed by atoms with Gasteiger partial charge >= 0.3 is 0 Å². The Hall–Kier alpha value is -2.73. The Balaban J connectivity index is 1.31. The Labute approximate surface area is 190 Å². The third-order valence-corrected chi connectivity index (χ3v) is 7.29. The molecule has 1 atom stereocenters. The van der Waals surface area contributed by atoms with E-state index >= 15 is 0 Å². The van der Waals surface area contributed by atoms with Crippen LogP contribution in [0.4, 0.5) is 5.69 Å². The molecule has 32 heavy (non-hydrogen) atoms. The quantitative estimate of drug-likeness (QED) is 0.734. The first-order valence-corrected chi connectivity index (χ1v) is 12.0. The fourth-order valence-corrected chi connectivity index (χ4v) is 5.58. The van der Waals surface area contributed by atoms with E-state index in [4.69, 9.17) is 0 Å². The van der Waals surface area contributed by atoms with Crippen molar-refractivity contribution in [1.29, 1.82) is 0 Å². The summed E-state index contributed by atoms with van der Waals surface area (Å²) < 4.78 is 0. The van der Waals surface area contributed by atoms with E-state index in [1.807, 2.05) is 42.2 Å². The number of aromatic nitrogens is 1. The van der Waals surface area contributed by atoms with Crippen molar-refractivity contribution in [3.63, 3.8) is 0 Å². The Morgan fingerprint density at radius 1 is 1.03 bits per heavy atom. The average molecular weight is 433 g/mol. The molecular formula is C26H32N4O2. The van der Waals surface area contributed by atoms with Crippen molar-refractivity contribution in [3.05, 3.63) is 59.4 Å². The molecule has 2 saturated heterocycles. The SMILES string of the molecule is Cc1cccc(N2C(=O)c3cccnc3[C@H]2CC(=O)N2CCC(N3CCCCC3)CC2)c1. The van der Waals surface area contributed by atoms with Crippen molar-refractivity contribution in [2.24, 2.45) is 0 Å². The molecule has 0 radical (unpaired) electrons. The van der Waals surface area contributed by atoms with Crippen LogP contribution in [-0.2, 0) is 4.79 Å². The molecule has 0 unspecified atom stereocenters. The highest BCUT2D eigenvalue weighted by Crippen LogP contribution is 2.39. The monoisotopic (exact) mass is 432 g/mol. The first-order chi connectivity index (χ1) is 15.6. The van der Waals surface area contributed by atoms with Gasteiger partial charge in [0.2, 0.25) is 5.91 Å². The maximum absolute atomic E-state index is 13.3. The number of pyridine rings is 1. The third-order valence-electron chi connectivity index (χ3n) is 7.29. The van der Waals surface area contributed by atoms with Crippen molar-refractivity contribution in [2.45, 2.75) is 57.5 Å². The lowest BCUT2D eigenvalue weighted by Crippen LogP contribution is -2.48. The zero-order valence-corrected chi connectivity index (χ0v) is 18.9. The number of aryl methyl sites for hydroxylation is 1. The van der Waals surface area contributed by atoms with Gasteiger partial charge in [0.1, 0.15) is 0 Å². The molecule has 0 spiro atoms. The smallest absolute Gasteiger partial charge is 0.260 e. The Morgan fingerprint density at radius 2 is 1.81 bits per heavy atom. The standard InChI is InChI=1S/C26H32N4O2/c1-19-7-5-8-21(17-19)30-23(25-22(26(30)32)9-6-12-27-25)18-24(31)29-15-10-20(11-16-29)28-13-3-2-4-14-28/h5-9,12,17,20,23H,2-4,10-11,13-16,18H2,1H3/t23-/m1/s1. The third kappa shape index (κ3) is 4.04. The van der Waals surface area contributed by atoms with Crippen LogP contribution in [0.5, 0.6) is 0 Å². The van der Waals surface area contributed by atoms with E-state index in [1.54, 1.807) is 17.2 Å². The minimum Gasteiger partial charge on any atom is -0.343 e. The molecule has 2 aromatic rings. The summed E-state index contributed by atoms with van der Waals surface area (Å²) >= 11 is 0. The minimum atomic E-state index is -0.354. The van der Waals surface area contributed by atoms with E-state index in [0.29, 0.717) is 11.6 Å². The van der Waals surface area contributed by atoms with E-state index in [0.717, 1.165) is 42.9 Å². The van der Waals surface area contributed by atoms with Gasteiger partial charge < -0.3 is 9.80 Å². The molecule has 0 aliphatic carbocycles. The predicted molar refractivity (Wildman–Crippen MR) is 125 cm³/mol. The van der Waals surface area contributed by atoms with Crippen LogP contribution in [0.2, 0.25) is 0 Å². The number of hydrogen-bond acceptors (Lipinski definition) is 4. The van der Waals surface area contributed by atoms with Crippen LogP contribution in [0.1, 0.15) is 66.2 Å². The number of piperidine rings is 2. The molecule has 1 aromatic heterocycles. The number of fused-ring (bicyclic) bond motifs is 1. The van der Waals surface area contributed by atoms with Crippen LogP contribution in [0.3, 0.4) is 0 Å². The number of benzene rings is 1. The number of likely N-dealkylation sites (tertiary alicyclic amines) is 2. The number of anilines is 1. The predicted octanol–water partition coefficient (Wildman–Crippen LogP) is 3.96. The van der Waals surface area contributed by atoms with Gasteiger partial charge in [-0.1, -0.05) is 18.6 Å². The fourth-order valence-electron chi connectivity index (χ4n) is 5.58. The Bertz CT molecular complexity index is 993. The van der Waals surface area contributed by atoms with Gasteiger partial charge in [0.15, 0.2) is 0 Å². The van der Waals surface area contributed by atoms with Gasteiger partial charge in [-0.2, -0.15) is 0 Å². The number of carbonyl (C=O) groups is 2. The zero-order chi connectivity index (χ0) is 22.1. The molecule has 1 aromatic carbocycles. The lowest BCUT2D eigenvalue weighted by Gasteiger charge is -2.40. The van der Waals surface area contributed by atoms with Crippen molar-refractivity contribution >= 4 is 17.5 Å². The van der Waals surface area contributed by atoms with Crippen LogP contribution in [0, 0.1) is 6.92 Å². The van der Waals surface area contributed by atoms with Crippen LogP contribution < -0.4 is 4.90 Å². The summed E-state index contributed by atoms with van der Waals surface area (Å²) in [6, 6.07) is 11.8. The summed E-state index contributed by atoms with van der Waals surface area (Å²) in [4.78, 5) is 37.5. The summed E-state index contributed by atoms with van der Waals surface area (Å²) in [5.74, 6) is 0.0522. The maximum Gasteiger partial charge on any atom is 0.260 e. The van der Waals surface area contributed by atoms with Crippen molar-refractivity contribution in [2.75, 3.05) is 31.1 Å². The van der Waals surface area contributed by atoms with Crippen LogP contribution in [-0.4, -0.2) is 58.8 Å². The molecule has 2 amide bonds. The van der Waals surface area contributed by atoms with Gasteiger partial charge in [-0.05, 0) is 75.5 Å². The highest BCUT2D eigenvalue weighted by molar-refractivity contribution is 6.11. The average Bonchev–Trinajstić information content (AvgIpc) is 3.11. The first-order valence-electron chi connectivity index (χ1n) is 12.0. The summed E-state index contributed by atoms with van der Waals surface area (Å²) in [5, 5.41) is 0. The van der Waals surface area contributed by atoms with Crippen LogP contribution in [0.15, 0.2) is 42.6 Å². The maximum atomic E-state index is 13.3. The minimum absolute atomic E-state index is 0.0692. The topological polar surface area (TPSA) is 56.8 Å². The van der Waals surface area contributed by atoms with Gasteiger partial charge in [-0.15, -0.1) is 0 Å². The summed E-state index contributed by atoms with van der Waals surface area (Å²) in [5.41, 5.74) is 3.24. The van der Waals surface area contributed by atoms with E-state index in [2.05, 4.69) is 9.88 Å². The summed E-state index contributed by atoms with van der Waals surface area (Å²) in [6.07, 6.45) is 8.04. The second-order valence-electron chi connectivity index (χ2n) is 9.38. The largest absolute Gasteiger partial charge is 0.343 e. The number of amides is 2. The van der Waals surface area contributed by atoms with Crippen molar-refractivity contribution < 1.29 is 9.59 Å². The van der Waals surface area contributed by atoms with Gasteiger partial charge in [0.25, 0.3) is 5.91 Å². The molecular weight excluding hydrogens is 400 g/mol. The second-order valence-corrected chi connectivity index (χ2v) is 9.38. The molecule has 168 valence electrons. The van der Waals surface area contributed by atoms with Crippen molar-refractivity contribution in [3.8, 4) is 0 Å². The second kappa shape index (κ2) is 9.02. The van der Waals surface area contributed by atoms with Crippen LogP contribution in [0.25, 0.3) is 0 Å². The van der Waals surface area contributed by atoms with Gasteiger partial charge in [-0.3, -0.25) is 19.5 Å². The van der Waals surface area contributed by atoms with E-state index in [1.165, 1.54) is 32.4 Å². The highest BCUT2D eigenvalue weighted by atomic mass is 16.2. The van der Waals surface area contributed by atoms with E-state index in [-0.39, 0.29) is 24.3 Å². The lowest BCUT2D eigenvalue weighted by atomic mass is 9.99. The van der Waals surface area contributed by atoms with E-state index < -0.39 is 0 Å². The van der Waals surface area contributed by atoms with Gasteiger partial charge in [0.05, 0.1) is 23.7 Å². The lowest BCUT2D eigenvalue weighted by molar-refractivity contribution is -0.133. The Morgan fingerprint density at radius 3 is 2.56 bits per heavy atom. The molecule has 5 rings (SSSR count). The first kappa shape index (κ1) is 21.1. The zero-order valence-electron chi connectivity index (χ0n) is 18.9. The molecule has 2 fully saturated rings. The normalized spacial score (nSPS) is 22.3. The van der Waals surface area contributed by atoms with Gasteiger partial charge in [0, 0.05) is 31.0 Å². The number of nitrogens with zero attached hydrogens (tertiary/aromatic N) is 4. The van der Waals surface area contributed by atoms with E-state index in [9.17, 15) is 9.59 Å². The number of rotatable bonds is 4. The van der Waals surface area contributed by atoms with Crippen LogP contribution >= 0.6 is 0 Å². The highest BCUT2D eigenvalue weighted by Gasteiger charge is 2.41. The summed E-state index contributed by atoms with van der Waals surface area (Å²) in [6.45, 7) is 6.04. The number of hydrogen-bond donors (Lipinski definition) is 0. The van der Waals surface area contributed by atoms with Crippen molar-refractivity contribution in [1.82, 2.24) is 14.8 Å². The molecule has 4 heterocycles. The van der Waals surface area contributed by atoms with Gasteiger partial charge in [-0.25, -0.2) is 0 Å². The molecule has 0 bridgehead atoms. The molecule has 3 aliphatic rings. The molecule has 6 nitrogen and oxygen atoms in total. The molecule has 0 saturated carbocycles. The molecule has 6 heteroatoms. The summed E-state index contributed by atoms with van der Waals surface area (Å²) in [7, 11) is 0. The molecule has 0 N–H and O–H groups in total. The number of carbonyl (C=O) groups excluding carboxylic acids is 2. The molecule has 3 aliphatic heterocycles. The fraction of sp³-hybridized carbons (Fsp3) is 0.500. The Kier molecular flexibility index (Phi) is 5.96.